The van der Waals surface area contributed by atoms with Gasteiger partial charge in [-0.1, -0.05) is 102 Å². The fraction of sp³-hybridized carbons (Fsp3) is 0.395. The molecule has 0 aliphatic heterocycles. The second-order valence-corrected chi connectivity index (χ2v) is 12.5. The Morgan fingerprint density at radius 1 is 0.468 bits per heavy atom. The summed E-state index contributed by atoms with van der Waals surface area (Å²) >= 11 is 0. The molecule has 4 aromatic carbocycles. The van der Waals surface area contributed by atoms with E-state index in [0.717, 1.165) is 37.3 Å². The van der Waals surface area contributed by atoms with E-state index in [-0.39, 0.29) is 26.2 Å². The Labute approximate surface area is 307 Å². The molecule has 0 heterocycles. The van der Waals surface area contributed by atoms with Crippen LogP contribution in [0.25, 0.3) is 10.6 Å². The Kier molecular flexibility index (Phi) is 22.5. The Bertz CT molecular complexity index is 1220. The van der Waals surface area contributed by atoms with Gasteiger partial charge < -0.3 is 16.0 Å². The maximum absolute atomic E-state index is 4.84. The molecule has 0 unspecified atom stereocenters. The monoisotopic (exact) mass is 707 g/mol. The third-order valence-corrected chi connectivity index (χ3v) is 7.77. The van der Waals surface area contributed by atoms with Crippen molar-refractivity contribution in [1.29, 1.82) is 0 Å². The number of rotatable bonds is 15. The number of unbranched alkanes of at least 4 members (excludes halogenated alkanes) is 5. The Morgan fingerprint density at radius 2 is 0.787 bits per heavy atom. The summed E-state index contributed by atoms with van der Waals surface area (Å²) in [5.74, 6) is 0. The second kappa shape index (κ2) is 25.1. The fourth-order valence-electron chi connectivity index (χ4n) is 5.56. The average Bonchev–Trinajstić information content (AvgIpc) is 3.01. The summed E-state index contributed by atoms with van der Waals surface area (Å²) in [7, 11) is 0. The van der Waals surface area contributed by atoms with Gasteiger partial charge in [0.05, 0.1) is 0 Å². The Balaban J connectivity index is 0.000000599. The molecule has 3 nitrogen and oxygen atoms in total. The van der Waals surface area contributed by atoms with Gasteiger partial charge in [0.2, 0.25) is 0 Å². The molecule has 0 amide bonds. The number of hydrogen-bond acceptors (Lipinski definition) is 1. The SMILES string of the molecule is Cc1cc(C)c([N-]CCCCCCNCCCCC[N-]c2c(C)cc(C)cc2C)c(C)c1.[CH2-]c1ccccc1.[CH2-]c1ccccc1.[Zr]. The third kappa shape index (κ3) is 18.9. The molecule has 1 N–H and O–H groups in total. The van der Waals surface area contributed by atoms with Gasteiger partial charge in [-0.3, -0.25) is 0 Å². The standard InChI is InChI=1S/C29H45N3.2C7H7.Zr/c1-22-18-24(3)28(25(4)19-22)31-16-12-8-7-10-14-30-15-11-9-13-17-32-29-26(5)20-23(2)21-27(29)6;2*1-7-5-3-2-4-6-7;/h18-21,30H,7-17H2,1-6H3;2*2-6H,1H2;/q-2;2*-1;. The first kappa shape index (κ1) is 42.1. The number of benzene rings is 4. The van der Waals surface area contributed by atoms with Gasteiger partial charge in [0.15, 0.2) is 0 Å². The van der Waals surface area contributed by atoms with Crippen LogP contribution in [0, 0.1) is 55.4 Å². The molecule has 254 valence electrons. The normalized spacial score (nSPS) is 10.1. The molecule has 0 aromatic heterocycles. The molecule has 0 saturated carbocycles. The van der Waals surface area contributed by atoms with Crippen molar-refractivity contribution in [3.63, 3.8) is 0 Å². The van der Waals surface area contributed by atoms with E-state index in [1.807, 2.05) is 60.7 Å². The van der Waals surface area contributed by atoms with Gasteiger partial charge in [-0.05, 0) is 67.5 Å². The van der Waals surface area contributed by atoms with Gasteiger partial charge in [0.1, 0.15) is 0 Å². The molecule has 0 fully saturated rings. The van der Waals surface area contributed by atoms with Gasteiger partial charge in [-0.2, -0.15) is 49.2 Å². The van der Waals surface area contributed by atoms with E-state index in [1.54, 1.807) is 0 Å². The van der Waals surface area contributed by atoms with Crippen molar-refractivity contribution >= 4 is 11.4 Å². The zero-order valence-corrected chi connectivity index (χ0v) is 32.6. The Hall–Kier alpha value is -2.94. The van der Waals surface area contributed by atoms with Crippen LogP contribution in [0.15, 0.2) is 84.9 Å². The van der Waals surface area contributed by atoms with Crippen LogP contribution < -0.4 is 5.32 Å². The molecule has 0 radical (unpaired) electrons. The van der Waals surface area contributed by atoms with Crippen LogP contribution in [-0.4, -0.2) is 26.2 Å². The minimum Gasteiger partial charge on any atom is -0.684 e. The summed E-state index contributed by atoms with van der Waals surface area (Å²) in [5.41, 5.74) is 12.4. The van der Waals surface area contributed by atoms with Crippen molar-refractivity contribution in [2.75, 3.05) is 26.2 Å². The van der Waals surface area contributed by atoms with Crippen molar-refractivity contribution in [1.82, 2.24) is 5.32 Å². The molecule has 47 heavy (non-hydrogen) atoms. The molecule has 0 atom stereocenters. The third-order valence-electron chi connectivity index (χ3n) is 7.77. The van der Waals surface area contributed by atoms with E-state index >= 15 is 0 Å². The smallest absolute Gasteiger partial charge is 0 e. The van der Waals surface area contributed by atoms with E-state index in [4.69, 9.17) is 10.6 Å². The maximum atomic E-state index is 4.84. The van der Waals surface area contributed by atoms with Gasteiger partial charge >= 0.3 is 0 Å². The van der Waals surface area contributed by atoms with Crippen LogP contribution >= 0.6 is 0 Å². The summed E-state index contributed by atoms with van der Waals surface area (Å²) in [6, 6.07) is 28.7. The largest absolute Gasteiger partial charge is 0.684 e. The number of hydrogen-bond donors (Lipinski definition) is 1. The molecule has 0 spiro atoms. The number of aryl methyl sites for hydroxylation is 6. The van der Waals surface area contributed by atoms with Crippen molar-refractivity contribution in [3.8, 4) is 0 Å². The van der Waals surface area contributed by atoms with Crippen LogP contribution in [0.3, 0.4) is 0 Å². The first-order valence-electron chi connectivity index (χ1n) is 17.1. The summed E-state index contributed by atoms with van der Waals surface area (Å²) in [5, 5.41) is 13.3. The average molecular weight is 709 g/mol. The molecule has 4 rings (SSSR count). The zero-order valence-electron chi connectivity index (χ0n) is 30.2. The van der Waals surface area contributed by atoms with Crippen molar-refractivity contribution < 1.29 is 26.2 Å². The van der Waals surface area contributed by atoms with E-state index in [9.17, 15) is 0 Å². The van der Waals surface area contributed by atoms with Crippen molar-refractivity contribution in [3.05, 3.63) is 154 Å². The predicted molar refractivity (Wildman–Crippen MR) is 204 cm³/mol. The van der Waals surface area contributed by atoms with Crippen LogP contribution in [0.1, 0.15) is 89.5 Å². The molecule has 0 saturated heterocycles. The second-order valence-electron chi connectivity index (χ2n) is 12.5. The minimum atomic E-state index is 0. The molecule has 4 heteroatoms. The summed E-state index contributed by atoms with van der Waals surface area (Å²) < 4.78 is 0. The molecule has 4 aromatic rings. The zero-order chi connectivity index (χ0) is 33.6. The molecular weight excluding hydrogens is 650 g/mol. The van der Waals surface area contributed by atoms with Crippen LogP contribution in [0.5, 0.6) is 0 Å². The number of nitrogens with zero attached hydrogens (tertiary/aromatic N) is 2. The maximum Gasteiger partial charge on any atom is 0 e. The van der Waals surface area contributed by atoms with Gasteiger partial charge in [-0.15, -0.1) is 48.7 Å². The quantitative estimate of drug-likeness (QED) is 0.0969. The predicted octanol–water partition coefficient (Wildman–Crippen LogP) is 12.3. The molecule has 0 aliphatic carbocycles. The van der Waals surface area contributed by atoms with E-state index in [2.05, 4.69) is 85.0 Å². The van der Waals surface area contributed by atoms with E-state index in [0.29, 0.717) is 0 Å². The first-order valence-corrected chi connectivity index (χ1v) is 17.1. The van der Waals surface area contributed by atoms with Crippen LogP contribution in [0.4, 0.5) is 11.4 Å². The van der Waals surface area contributed by atoms with Crippen LogP contribution in [-0.2, 0) is 26.2 Å². The topological polar surface area (TPSA) is 40.2 Å². The molecule has 0 bridgehead atoms. The summed E-state index contributed by atoms with van der Waals surface area (Å²) in [6.45, 7) is 24.6. The van der Waals surface area contributed by atoms with Gasteiger partial charge in [0, 0.05) is 26.2 Å². The molecule has 0 aliphatic rings. The van der Waals surface area contributed by atoms with Crippen molar-refractivity contribution in [2.45, 2.75) is 86.5 Å². The van der Waals surface area contributed by atoms with Gasteiger partial charge in [0.25, 0.3) is 0 Å². The van der Waals surface area contributed by atoms with Crippen molar-refractivity contribution in [2.24, 2.45) is 0 Å². The van der Waals surface area contributed by atoms with E-state index in [1.165, 1.54) is 89.7 Å². The summed E-state index contributed by atoms with van der Waals surface area (Å²) in [4.78, 5) is 0. The first-order chi connectivity index (χ1) is 22.2. The summed E-state index contributed by atoms with van der Waals surface area (Å²) in [6.07, 6.45) is 8.70. The fourth-order valence-corrected chi connectivity index (χ4v) is 5.56. The number of nitrogens with one attached hydrogen (secondary N) is 1. The van der Waals surface area contributed by atoms with Gasteiger partial charge in [-0.25, -0.2) is 0 Å². The molecular formula is C43H59N3Zr-4. The Morgan fingerprint density at radius 3 is 1.11 bits per heavy atom. The van der Waals surface area contributed by atoms with Crippen LogP contribution in [0.2, 0.25) is 0 Å². The van der Waals surface area contributed by atoms with E-state index < -0.39 is 0 Å². The minimum absolute atomic E-state index is 0.